The van der Waals surface area contributed by atoms with Gasteiger partial charge in [-0.2, -0.15) is 4.31 Å². The zero-order chi connectivity index (χ0) is 27.0. The predicted molar refractivity (Wildman–Crippen MR) is 132 cm³/mol. The van der Waals surface area contributed by atoms with E-state index in [9.17, 15) is 23.1 Å². The van der Waals surface area contributed by atoms with E-state index in [1.165, 1.54) is 13.8 Å². The van der Waals surface area contributed by atoms with Gasteiger partial charge in [-0.05, 0) is 26.7 Å². The van der Waals surface area contributed by atoms with Crippen molar-refractivity contribution >= 4 is 54.7 Å². The molecule has 3 heterocycles. The largest absolute Gasteiger partial charge is 0.477 e. The number of carboxylic acid groups (broad SMARTS) is 1. The predicted octanol–water partition coefficient (Wildman–Crippen LogP) is 1.62. The Morgan fingerprint density at radius 1 is 1.14 bits per heavy atom. The third kappa shape index (κ3) is 3.90. The van der Waals surface area contributed by atoms with Gasteiger partial charge in [0.2, 0.25) is 14.9 Å². The van der Waals surface area contributed by atoms with Gasteiger partial charge in [-0.3, -0.25) is 4.79 Å². The van der Waals surface area contributed by atoms with Crippen molar-refractivity contribution in [3.05, 3.63) is 33.6 Å². The molecule has 2 aromatic heterocycles. The molecule has 5 rings (SSSR count). The van der Waals surface area contributed by atoms with Gasteiger partial charge in [-0.25, -0.2) is 22.0 Å². The summed E-state index contributed by atoms with van der Waals surface area (Å²) in [4.78, 5) is 25.8. The van der Waals surface area contributed by atoms with Crippen LogP contribution in [-0.2, 0) is 10.0 Å². The highest BCUT2D eigenvalue weighted by molar-refractivity contribution is 7.91. The number of aromatic carboxylic acids is 1. The van der Waals surface area contributed by atoms with E-state index in [0.717, 1.165) is 6.20 Å². The highest BCUT2D eigenvalue weighted by Gasteiger charge is 2.42. The van der Waals surface area contributed by atoms with E-state index < -0.39 is 67.5 Å². The van der Waals surface area contributed by atoms with Crippen molar-refractivity contribution in [2.45, 2.75) is 49.2 Å². The van der Waals surface area contributed by atoms with Crippen LogP contribution in [0.2, 0.25) is 0 Å². The van der Waals surface area contributed by atoms with Gasteiger partial charge in [0.05, 0.1) is 16.6 Å². The maximum Gasteiger partial charge on any atom is 0.341 e. The molecular weight excluding hydrogens is 532 g/mol. The Morgan fingerprint density at radius 3 is 2.27 bits per heavy atom. The van der Waals surface area contributed by atoms with Gasteiger partial charge in [0.1, 0.15) is 11.3 Å². The van der Waals surface area contributed by atoms with Gasteiger partial charge in [0.25, 0.3) is 10.0 Å². The lowest BCUT2D eigenvalue weighted by atomic mass is 10.0. The maximum atomic E-state index is 16.1. The Labute approximate surface area is 213 Å². The minimum absolute atomic E-state index is 0.0129. The summed E-state index contributed by atoms with van der Waals surface area (Å²) in [6.45, 7) is 2.98. The smallest absolute Gasteiger partial charge is 0.341 e. The first-order valence-corrected chi connectivity index (χ1v) is 13.6. The number of rotatable bonds is 5. The number of nitrogen functional groups attached to an aromatic ring is 2. The van der Waals surface area contributed by atoms with Crippen LogP contribution >= 0.6 is 11.3 Å². The van der Waals surface area contributed by atoms with Gasteiger partial charge in [-0.15, -0.1) is 10.2 Å². The van der Waals surface area contributed by atoms with Crippen LogP contribution < -0.4 is 21.8 Å². The van der Waals surface area contributed by atoms with Gasteiger partial charge in [-0.1, -0.05) is 11.3 Å². The summed E-state index contributed by atoms with van der Waals surface area (Å²) in [5.74, 6) is -3.79. The summed E-state index contributed by atoms with van der Waals surface area (Å²) < 4.78 is 60.3. The molecule has 0 bridgehead atoms. The fourth-order valence-electron chi connectivity index (χ4n) is 5.00. The lowest BCUT2D eigenvalue weighted by Crippen LogP contribution is -2.59. The first-order valence-electron chi connectivity index (χ1n) is 11.3. The van der Waals surface area contributed by atoms with Crippen LogP contribution in [0.5, 0.6) is 0 Å². The molecule has 0 amide bonds. The number of nitrogens with zero attached hydrogens (tertiary/aromatic N) is 5. The second kappa shape index (κ2) is 8.59. The standard InChI is InChI=1S/C21H23F2N7O5S2/c1-8-5-28(6-9(2)30(8)37(34,35)21-27-26-20(25)36-21)17-13(22)15(24)12-16(14(17)23)29(10-3-4-10)7-11(18(12)31)19(32)33/h7-10H,3-6,24H2,1-2H3,(H2,25,26)(H,32,33). The third-order valence-electron chi connectivity index (χ3n) is 6.61. The quantitative estimate of drug-likeness (QED) is 0.392. The van der Waals surface area contributed by atoms with Crippen molar-refractivity contribution in [1.29, 1.82) is 0 Å². The number of fused-ring (bicyclic) bond motifs is 1. The lowest BCUT2D eigenvalue weighted by molar-refractivity contribution is 0.0694. The molecule has 2 fully saturated rings. The molecule has 2 aliphatic rings. The molecule has 1 aromatic carbocycles. The summed E-state index contributed by atoms with van der Waals surface area (Å²) in [6.07, 6.45) is 2.33. The summed E-state index contributed by atoms with van der Waals surface area (Å²) in [6, 6.07) is -1.74. The summed E-state index contributed by atoms with van der Waals surface area (Å²) in [5, 5.41) is 16.1. The zero-order valence-corrected chi connectivity index (χ0v) is 21.3. The van der Waals surface area contributed by atoms with E-state index in [4.69, 9.17) is 11.5 Å². The number of hydrogen-bond acceptors (Lipinski definition) is 10. The average molecular weight is 556 g/mol. The zero-order valence-electron chi connectivity index (χ0n) is 19.7. The number of piperazine rings is 1. The number of halogens is 2. The van der Waals surface area contributed by atoms with Crippen molar-refractivity contribution in [1.82, 2.24) is 19.1 Å². The minimum atomic E-state index is -4.08. The van der Waals surface area contributed by atoms with Crippen LogP contribution in [0.1, 0.15) is 43.1 Å². The van der Waals surface area contributed by atoms with Crippen LogP contribution in [0, 0.1) is 11.6 Å². The van der Waals surface area contributed by atoms with E-state index in [1.807, 2.05) is 0 Å². The first kappa shape index (κ1) is 25.3. The van der Waals surface area contributed by atoms with Gasteiger partial charge < -0.3 is 26.0 Å². The molecular formula is C21H23F2N7O5S2. The van der Waals surface area contributed by atoms with E-state index in [2.05, 4.69) is 10.2 Å². The molecule has 1 saturated heterocycles. The molecule has 2 unspecified atom stereocenters. The van der Waals surface area contributed by atoms with Crippen LogP contribution in [-0.4, -0.2) is 63.7 Å². The molecule has 198 valence electrons. The fraction of sp³-hybridized carbons (Fsp3) is 0.429. The lowest BCUT2D eigenvalue weighted by Gasteiger charge is -2.44. The number of nitrogens with two attached hydrogens (primary N) is 2. The molecule has 1 saturated carbocycles. The first-order chi connectivity index (χ1) is 17.3. The monoisotopic (exact) mass is 555 g/mol. The van der Waals surface area contributed by atoms with Crippen molar-refractivity contribution in [2.75, 3.05) is 29.5 Å². The summed E-state index contributed by atoms with van der Waals surface area (Å²) in [7, 11) is -4.08. The molecule has 37 heavy (non-hydrogen) atoms. The molecule has 3 aromatic rings. The van der Waals surface area contributed by atoms with Crippen LogP contribution in [0.3, 0.4) is 0 Å². The van der Waals surface area contributed by atoms with Crippen LogP contribution in [0.25, 0.3) is 10.9 Å². The molecule has 0 radical (unpaired) electrons. The molecule has 12 nitrogen and oxygen atoms in total. The summed E-state index contributed by atoms with van der Waals surface area (Å²) in [5.41, 5.74) is 8.40. The van der Waals surface area contributed by atoms with Gasteiger partial charge in [0.15, 0.2) is 11.6 Å². The Bertz CT molecular complexity index is 1610. The van der Waals surface area contributed by atoms with Crippen molar-refractivity contribution in [3.8, 4) is 0 Å². The van der Waals surface area contributed by atoms with Gasteiger partial charge >= 0.3 is 5.97 Å². The molecule has 1 aliphatic carbocycles. The van der Waals surface area contributed by atoms with E-state index in [-0.39, 0.29) is 34.1 Å². The number of benzene rings is 1. The SMILES string of the molecule is CC1CN(c2c(F)c(N)c3c(=O)c(C(=O)O)cn(C4CC4)c3c2F)CC(C)N1S(=O)(=O)c1nnc(N)s1. The molecule has 1 aliphatic heterocycles. The molecule has 2 atom stereocenters. The maximum absolute atomic E-state index is 16.1. The van der Waals surface area contributed by atoms with Crippen LogP contribution in [0.4, 0.5) is 25.3 Å². The Balaban J connectivity index is 1.62. The highest BCUT2D eigenvalue weighted by atomic mass is 32.2. The van der Waals surface area contributed by atoms with Gasteiger partial charge in [0, 0.05) is 37.4 Å². The Morgan fingerprint density at radius 2 is 1.76 bits per heavy atom. The Kier molecular flexibility index (Phi) is 5.87. The van der Waals surface area contributed by atoms with E-state index >= 15 is 8.78 Å². The van der Waals surface area contributed by atoms with Crippen molar-refractivity contribution in [3.63, 3.8) is 0 Å². The topological polar surface area (TPSA) is 178 Å². The minimum Gasteiger partial charge on any atom is -0.477 e. The second-order valence-corrected chi connectivity index (χ2v) is 12.3. The number of aromatic nitrogens is 3. The van der Waals surface area contributed by atoms with E-state index in [0.29, 0.717) is 24.2 Å². The number of sulfonamides is 1. The molecule has 16 heteroatoms. The molecule has 5 N–H and O–H groups in total. The highest BCUT2D eigenvalue weighted by Crippen LogP contribution is 2.42. The van der Waals surface area contributed by atoms with Crippen molar-refractivity contribution < 1.29 is 27.1 Å². The number of pyridine rings is 1. The fourth-order valence-corrected chi connectivity index (χ4v) is 7.69. The number of anilines is 3. The molecule has 0 spiro atoms. The number of hydrogen-bond donors (Lipinski definition) is 3. The third-order valence-corrected chi connectivity index (χ3v) is 9.84. The van der Waals surface area contributed by atoms with E-state index in [1.54, 1.807) is 13.8 Å². The average Bonchev–Trinajstić information content (AvgIpc) is 3.55. The summed E-state index contributed by atoms with van der Waals surface area (Å²) >= 11 is 0.714. The second-order valence-electron chi connectivity index (χ2n) is 9.27. The van der Waals surface area contributed by atoms with Crippen molar-refractivity contribution in [2.24, 2.45) is 0 Å². The number of carbonyl (C=O) groups is 1. The normalized spacial score (nSPS) is 21.0. The Hall–Kier alpha value is -3.37. The van der Waals surface area contributed by atoms with Crippen LogP contribution in [0.15, 0.2) is 15.3 Å². The number of carboxylic acids is 1.